The Balaban J connectivity index is 1.54. The Hall–Kier alpha value is -2.05. The Kier molecular flexibility index (Phi) is 6.52. The molecule has 142 valence electrons. The summed E-state index contributed by atoms with van der Waals surface area (Å²) in [6.45, 7) is 6.54. The summed E-state index contributed by atoms with van der Waals surface area (Å²) in [5.74, 6) is 0.675. The van der Waals surface area contributed by atoms with Gasteiger partial charge in [0.15, 0.2) is 6.61 Å². The zero-order chi connectivity index (χ0) is 18.4. The van der Waals surface area contributed by atoms with Crippen LogP contribution < -0.4 is 10.1 Å². The van der Waals surface area contributed by atoms with E-state index in [2.05, 4.69) is 27.8 Å². The van der Waals surface area contributed by atoms with Gasteiger partial charge in [-0.1, -0.05) is 13.0 Å². The van der Waals surface area contributed by atoms with E-state index in [-0.39, 0.29) is 12.5 Å². The van der Waals surface area contributed by atoms with Crippen molar-refractivity contribution in [3.8, 4) is 5.75 Å². The van der Waals surface area contributed by atoms with Crippen LogP contribution in [0, 0.1) is 0 Å². The Morgan fingerprint density at radius 1 is 1.35 bits per heavy atom. The van der Waals surface area contributed by atoms with E-state index in [1.165, 1.54) is 6.42 Å². The highest BCUT2D eigenvalue weighted by Gasteiger charge is 2.23. The topological polar surface area (TPSA) is 55.7 Å². The maximum atomic E-state index is 12.2. The van der Waals surface area contributed by atoms with Gasteiger partial charge in [0.2, 0.25) is 0 Å². The number of fused-ring (bicyclic) bond motifs is 1. The van der Waals surface area contributed by atoms with Gasteiger partial charge in [-0.05, 0) is 44.1 Å². The monoisotopic (exact) mass is 359 g/mol. The molecule has 2 heterocycles. The molecule has 6 heteroatoms. The lowest BCUT2D eigenvalue weighted by atomic mass is 10.2. The molecule has 1 saturated heterocycles. The standard InChI is InChI=1S/C20H29N3O3/c1-3-22-10-5-6-16(22)14-21-20(24)15-26-19-8-4-7-18-17(19)9-11-23(18)12-13-25-2/h4,7-9,11,16H,3,5-6,10,12-15H2,1-2H3,(H,21,24)/t16-/m0/s1. The molecule has 1 atom stereocenters. The van der Waals surface area contributed by atoms with Gasteiger partial charge in [0, 0.05) is 37.8 Å². The summed E-state index contributed by atoms with van der Waals surface area (Å²) >= 11 is 0. The van der Waals surface area contributed by atoms with Gasteiger partial charge < -0.3 is 19.4 Å². The van der Waals surface area contributed by atoms with Crippen molar-refractivity contribution in [1.82, 2.24) is 14.8 Å². The molecule has 0 radical (unpaired) electrons. The van der Waals surface area contributed by atoms with Crippen molar-refractivity contribution in [1.29, 1.82) is 0 Å². The van der Waals surface area contributed by atoms with Gasteiger partial charge in [0.1, 0.15) is 5.75 Å². The molecule has 1 fully saturated rings. The summed E-state index contributed by atoms with van der Waals surface area (Å²) in [5.41, 5.74) is 1.09. The number of methoxy groups -OCH3 is 1. The SMILES string of the molecule is CCN1CCC[C@H]1CNC(=O)COc1cccc2c1ccn2CCOC. The lowest BCUT2D eigenvalue weighted by Crippen LogP contribution is -2.41. The van der Waals surface area contributed by atoms with E-state index >= 15 is 0 Å². The second-order valence-corrected chi connectivity index (χ2v) is 6.71. The van der Waals surface area contributed by atoms with Crippen LogP contribution in [0.25, 0.3) is 10.9 Å². The summed E-state index contributed by atoms with van der Waals surface area (Å²) in [4.78, 5) is 14.6. The van der Waals surface area contributed by atoms with Crippen molar-refractivity contribution in [2.45, 2.75) is 32.4 Å². The molecule has 0 aliphatic carbocycles. The minimum Gasteiger partial charge on any atom is -0.483 e. The van der Waals surface area contributed by atoms with Gasteiger partial charge >= 0.3 is 0 Å². The fraction of sp³-hybridized carbons (Fsp3) is 0.550. The molecule has 0 unspecified atom stereocenters. The minimum absolute atomic E-state index is 0.0429. The molecule has 6 nitrogen and oxygen atoms in total. The number of nitrogens with one attached hydrogen (secondary N) is 1. The van der Waals surface area contributed by atoms with Crippen molar-refractivity contribution in [2.75, 3.05) is 40.0 Å². The number of amides is 1. The fourth-order valence-corrected chi connectivity index (χ4v) is 3.67. The molecule has 1 aliphatic rings. The third kappa shape index (κ3) is 4.37. The molecule has 1 N–H and O–H groups in total. The number of carbonyl (C=O) groups is 1. The van der Waals surface area contributed by atoms with Crippen LogP contribution in [0.2, 0.25) is 0 Å². The highest BCUT2D eigenvalue weighted by Crippen LogP contribution is 2.26. The number of carbonyl (C=O) groups excluding carboxylic acids is 1. The molecule has 1 aromatic heterocycles. The Labute approximate surface area is 155 Å². The van der Waals surface area contributed by atoms with Gasteiger partial charge in [-0.25, -0.2) is 0 Å². The number of likely N-dealkylation sites (tertiary alicyclic amines) is 1. The summed E-state index contributed by atoms with van der Waals surface area (Å²) in [6, 6.07) is 8.40. The smallest absolute Gasteiger partial charge is 0.257 e. The molecule has 1 aromatic carbocycles. The summed E-state index contributed by atoms with van der Waals surface area (Å²) in [6.07, 6.45) is 4.40. The van der Waals surface area contributed by atoms with Crippen LogP contribution in [0.15, 0.2) is 30.5 Å². The Morgan fingerprint density at radius 2 is 2.23 bits per heavy atom. The fourth-order valence-electron chi connectivity index (χ4n) is 3.67. The lowest BCUT2D eigenvalue weighted by Gasteiger charge is -2.22. The maximum Gasteiger partial charge on any atom is 0.257 e. The van der Waals surface area contributed by atoms with Crippen molar-refractivity contribution in [3.63, 3.8) is 0 Å². The van der Waals surface area contributed by atoms with Crippen molar-refractivity contribution < 1.29 is 14.3 Å². The predicted octanol–water partition coefficient (Wildman–Crippen LogP) is 2.27. The van der Waals surface area contributed by atoms with E-state index in [1.807, 2.05) is 24.4 Å². The normalized spacial score (nSPS) is 17.7. The van der Waals surface area contributed by atoms with E-state index < -0.39 is 0 Å². The first-order valence-electron chi connectivity index (χ1n) is 9.43. The van der Waals surface area contributed by atoms with Gasteiger partial charge in [-0.2, -0.15) is 0 Å². The van der Waals surface area contributed by atoms with E-state index in [4.69, 9.17) is 9.47 Å². The summed E-state index contributed by atoms with van der Waals surface area (Å²) in [5, 5.41) is 4.03. The van der Waals surface area contributed by atoms with Crippen molar-refractivity contribution in [2.24, 2.45) is 0 Å². The molecule has 26 heavy (non-hydrogen) atoms. The average Bonchev–Trinajstić information content (AvgIpc) is 3.29. The zero-order valence-corrected chi connectivity index (χ0v) is 15.7. The number of rotatable bonds is 9. The predicted molar refractivity (Wildman–Crippen MR) is 103 cm³/mol. The Morgan fingerprint density at radius 3 is 3.04 bits per heavy atom. The first-order valence-corrected chi connectivity index (χ1v) is 9.43. The second-order valence-electron chi connectivity index (χ2n) is 6.71. The average molecular weight is 359 g/mol. The zero-order valence-electron chi connectivity index (χ0n) is 15.7. The quantitative estimate of drug-likeness (QED) is 0.746. The van der Waals surface area contributed by atoms with Crippen LogP contribution in [-0.4, -0.2) is 61.4 Å². The number of nitrogens with zero attached hydrogens (tertiary/aromatic N) is 2. The number of ether oxygens (including phenoxy) is 2. The van der Waals surface area contributed by atoms with E-state index in [1.54, 1.807) is 7.11 Å². The molecule has 0 spiro atoms. The number of hydrogen-bond acceptors (Lipinski definition) is 4. The highest BCUT2D eigenvalue weighted by molar-refractivity contribution is 5.87. The van der Waals surface area contributed by atoms with Crippen LogP contribution in [-0.2, 0) is 16.1 Å². The van der Waals surface area contributed by atoms with Gasteiger partial charge in [-0.3, -0.25) is 9.69 Å². The Bertz CT molecular complexity index is 728. The molecular weight excluding hydrogens is 330 g/mol. The first-order chi connectivity index (χ1) is 12.7. The molecule has 1 amide bonds. The third-order valence-corrected chi connectivity index (χ3v) is 5.11. The van der Waals surface area contributed by atoms with Crippen molar-refractivity contribution >= 4 is 16.8 Å². The van der Waals surface area contributed by atoms with Crippen molar-refractivity contribution in [3.05, 3.63) is 30.5 Å². The van der Waals surface area contributed by atoms with Crippen LogP contribution in [0.1, 0.15) is 19.8 Å². The van der Waals surface area contributed by atoms with Crippen LogP contribution in [0.5, 0.6) is 5.75 Å². The largest absolute Gasteiger partial charge is 0.483 e. The van der Waals surface area contributed by atoms with Gasteiger partial charge in [0.05, 0.1) is 12.1 Å². The third-order valence-electron chi connectivity index (χ3n) is 5.11. The molecule has 0 saturated carbocycles. The van der Waals surface area contributed by atoms with E-state index in [9.17, 15) is 4.79 Å². The van der Waals surface area contributed by atoms with Crippen LogP contribution in [0.4, 0.5) is 0 Å². The second kappa shape index (κ2) is 9.05. The van der Waals surface area contributed by atoms with Gasteiger partial charge in [-0.15, -0.1) is 0 Å². The van der Waals surface area contributed by atoms with Gasteiger partial charge in [0.25, 0.3) is 5.91 Å². The van der Waals surface area contributed by atoms with Crippen LogP contribution >= 0.6 is 0 Å². The first kappa shape index (κ1) is 18.7. The molecular formula is C20H29N3O3. The molecule has 1 aliphatic heterocycles. The number of aromatic nitrogens is 1. The van der Waals surface area contributed by atoms with Crippen LogP contribution in [0.3, 0.4) is 0 Å². The highest BCUT2D eigenvalue weighted by atomic mass is 16.5. The summed E-state index contributed by atoms with van der Waals surface area (Å²) in [7, 11) is 1.70. The van der Waals surface area contributed by atoms with E-state index in [0.717, 1.165) is 42.7 Å². The maximum absolute atomic E-state index is 12.2. The minimum atomic E-state index is -0.0660. The van der Waals surface area contributed by atoms with E-state index in [0.29, 0.717) is 19.2 Å². The number of benzene rings is 1. The lowest BCUT2D eigenvalue weighted by molar-refractivity contribution is -0.123. The number of likely N-dealkylation sites (N-methyl/N-ethyl adjacent to an activating group) is 1. The molecule has 3 rings (SSSR count). The summed E-state index contributed by atoms with van der Waals surface area (Å²) < 4.78 is 13.1. The molecule has 0 bridgehead atoms. The number of hydrogen-bond donors (Lipinski definition) is 1. The molecule has 2 aromatic rings.